The first-order chi connectivity index (χ1) is 17.2. The number of pyridine rings is 1. The van der Waals surface area contributed by atoms with Crippen molar-refractivity contribution >= 4 is 16.9 Å². The number of primary amides is 1. The van der Waals surface area contributed by atoms with Crippen molar-refractivity contribution < 1.29 is 49.1 Å². The second-order valence-corrected chi connectivity index (χ2v) is 8.50. The molecule has 3 aromatic rings. The van der Waals surface area contributed by atoms with Crippen molar-refractivity contribution in [3.63, 3.8) is 0 Å². The molecule has 6 nitrogen and oxygen atoms in total. The minimum Gasteiger partial charge on any atom is -0.489 e. The first kappa shape index (κ1) is 26.6. The molecule has 0 spiro atoms. The lowest BCUT2D eigenvalue weighted by Gasteiger charge is -2.23. The largest absolute Gasteiger partial charge is 0.489 e. The maximum atomic E-state index is 15.2. The Kier molecular flexibility index (Phi) is 6.82. The van der Waals surface area contributed by atoms with Crippen molar-refractivity contribution in [3.05, 3.63) is 58.6 Å². The number of halogens is 8. The Morgan fingerprint density at radius 1 is 1.27 bits per heavy atom. The van der Waals surface area contributed by atoms with E-state index in [2.05, 4.69) is 4.98 Å². The van der Waals surface area contributed by atoms with Crippen LogP contribution >= 0.6 is 0 Å². The summed E-state index contributed by atoms with van der Waals surface area (Å²) in [5, 5.41) is -0.219. The summed E-state index contributed by atoms with van der Waals surface area (Å²) in [5.74, 6) is -7.27. The highest BCUT2D eigenvalue weighted by atomic mass is 19.4. The number of nitrogens with two attached hydrogens (primary N) is 1. The lowest BCUT2D eigenvalue weighted by molar-refractivity contribution is -0.142. The van der Waals surface area contributed by atoms with Crippen LogP contribution in [-0.4, -0.2) is 47.5 Å². The van der Waals surface area contributed by atoms with E-state index in [4.69, 9.17) is 14.9 Å². The number of aromatic nitrogens is 1. The summed E-state index contributed by atoms with van der Waals surface area (Å²) < 4.78 is 121. The highest BCUT2D eigenvalue weighted by molar-refractivity contribution is 6.08. The van der Waals surface area contributed by atoms with E-state index >= 15 is 8.78 Å². The smallest absolute Gasteiger partial charge is 0.433 e. The topological polar surface area (TPSA) is 81.6 Å². The van der Waals surface area contributed by atoms with Crippen LogP contribution in [-0.2, 0) is 12.8 Å². The zero-order valence-electron chi connectivity index (χ0n) is 19.0. The molecule has 1 aliphatic heterocycles. The van der Waals surface area contributed by atoms with Crippen LogP contribution in [0.2, 0.25) is 0 Å². The Labute approximate surface area is 204 Å². The Hall–Kier alpha value is -3.42. The molecule has 2 atom stereocenters. The van der Waals surface area contributed by atoms with Crippen molar-refractivity contribution in [2.75, 3.05) is 13.1 Å². The van der Waals surface area contributed by atoms with E-state index < -0.39 is 73.2 Å². The molecule has 2 unspecified atom stereocenters. The third-order valence-corrected chi connectivity index (χ3v) is 6.07. The summed E-state index contributed by atoms with van der Waals surface area (Å²) in [6, 6.07) is 4.67. The average molecular weight is 537 g/mol. The molecule has 0 bridgehead atoms. The van der Waals surface area contributed by atoms with Crippen LogP contribution < -0.4 is 10.5 Å². The first-order valence-electron chi connectivity index (χ1n) is 10.8. The normalized spacial score (nSPS) is 19.0. The van der Waals surface area contributed by atoms with Gasteiger partial charge >= 0.3 is 6.18 Å². The highest BCUT2D eigenvalue weighted by Gasteiger charge is 2.53. The number of furan rings is 1. The third-order valence-electron chi connectivity index (χ3n) is 6.07. The van der Waals surface area contributed by atoms with Crippen LogP contribution in [0.4, 0.5) is 35.1 Å². The average Bonchev–Trinajstić information content (AvgIpc) is 3.31. The van der Waals surface area contributed by atoms with Crippen molar-refractivity contribution in [2.45, 2.75) is 44.3 Å². The molecule has 1 saturated heterocycles. The maximum Gasteiger partial charge on any atom is 0.433 e. The predicted molar refractivity (Wildman–Crippen MR) is 113 cm³/mol. The van der Waals surface area contributed by atoms with Gasteiger partial charge in [-0.1, -0.05) is 6.07 Å². The van der Waals surface area contributed by atoms with E-state index in [0.717, 1.165) is 18.3 Å². The van der Waals surface area contributed by atoms with Crippen molar-refractivity contribution in [2.24, 2.45) is 5.73 Å². The van der Waals surface area contributed by atoms with Crippen LogP contribution in [0.15, 0.2) is 34.9 Å². The monoisotopic (exact) mass is 537 g/mol. The Balaban J connectivity index is 1.85. The van der Waals surface area contributed by atoms with Gasteiger partial charge in [-0.2, -0.15) is 13.2 Å². The van der Waals surface area contributed by atoms with Gasteiger partial charge in [-0.25, -0.2) is 22.0 Å². The van der Waals surface area contributed by atoms with Gasteiger partial charge in [0.05, 0.1) is 18.0 Å². The van der Waals surface area contributed by atoms with Crippen LogP contribution in [0, 0.1) is 6.92 Å². The van der Waals surface area contributed by atoms with E-state index in [9.17, 15) is 31.1 Å². The van der Waals surface area contributed by atoms with E-state index in [1.807, 2.05) is 0 Å². The fraction of sp³-hybridized carbons (Fsp3) is 0.391. The zero-order valence-corrected chi connectivity index (χ0v) is 19.0. The lowest BCUT2D eigenvalue weighted by atomic mass is 9.89. The number of alkyl halides is 8. The molecule has 1 amide bonds. The minimum absolute atomic E-state index is 0.0402. The minimum atomic E-state index is -4.84. The number of amides is 1. The maximum absolute atomic E-state index is 15.2. The molecule has 3 heterocycles. The summed E-state index contributed by atoms with van der Waals surface area (Å²) in [5.41, 5.74) is 2.95. The van der Waals surface area contributed by atoms with E-state index in [-0.39, 0.29) is 32.9 Å². The van der Waals surface area contributed by atoms with E-state index in [0.29, 0.717) is 0 Å². The molecule has 4 rings (SSSR count). The third kappa shape index (κ3) is 4.93. The van der Waals surface area contributed by atoms with Gasteiger partial charge in [-0.05, 0) is 25.1 Å². The van der Waals surface area contributed by atoms with Crippen molar-refractivity contribution in [1.29, 1.82) is 0 Å². The zero-order chi connectivity index (χ0) is 27.3. The Morgan fingerprint density at radius 3 is 2.59 bits per heavy atom. The lowest BCUT2D eigenvalue weighted by Crippen LogP contribution is -2.36. The molecular formula is C23H19F8N3O3. The Bertz CT molecular complexity index is 1320. The predicted octanol–water partition coefficient (Wildman–Crippen LogP) is 5.43. The fourth-order valence-electron chi connectivity index (χ4n) is 4.51. The molecule has 0 radical (unpaired) electrons. The number of carbonyl (C=O) groups excluding carboxylic acids is 1. The van der Waals surface area contributed by atoms with Gasteiger partial charge in [0, 0.05) is 29.3 Å². The molecule has 2 N–H and O–H groups in total. The van der Waals surface area contributed by atoms with E-state index in [1.54, 1.807) is 0 Å². The summed E-state index contributed by atoms with van der Waals surface area (Å²) in [6.07, 6.45) is -10.5. The molecule has 1 aliphatic rings. The second kappa shape index (κ2) is 9.47. The van der Waals surface area contributed by atoms with Gasteiger partial charge in [0.2, 0.25) is 6.30 Å². The molecule has 14 heteroatoms. The number of hydrogen-bond donors (Lipinski definition) is 1. The van der Waals surface area contributed by atoms with Gasteiger partial charge in [0.15, 0.2) is 5.69 Å². The summed E-state index contributed by atoms with van der Waals surface area (Å²) in [7, 11) is 0. The number of benzene rings is 1. The number of rotatable bonds is 7. The van der Waals surface area contributed by atoms with Crippen LogP contribution in [0.25, 0.3) is 11.0 Å². The number of nitrogens with zero attached hydrogens (tertiary/aromatic N) is 2. The van der Waals surface area contributed by atoms with E-state index in [1.165, 1.54) is 19.1 Å². The summed E-state index contributed by atoms with van der Waals surface area (Å²) >= 11 is 0. The van der Waals surface area contributed by atoms with Crippen LogP contribution in [0.1, 0.15) is 38.9 Å². The van der Waals surface area contributed by atoms with Gasteiger partial charge in [0.25, 0.3) is 18.3 Å². The molecule has 0 aliphatic carbocycles. The number of likely N-dealkylation sites (tertiary alicyclic amines) is 1. The number of carbonyl (C=O) groups is 1. The van der Waals surface area contributed by atoms with Crippen molar-refractivity contribution in [3.8, 4) is 5.75 Å². The number of fused-ring (bicyclic) bond motifs is 1. The van der Waals surface area contributed by atoms with Crippen LogP contribution in [0.3, 0.4) is 0 Å². The molecule has 200 valence electrons. The first-order valence-corrected chi connectivity index (χ1v) is 10.8. The molecule has 0 saturated carbocycles. The molecule has 1 aromatic carbocycles. The highest BCUT2D eigenvalue weighted by Crippen LogP contribution is 2.49. The quantitative estimate of drug-likeness (QED) is 0.321. The number of hydrogen-bond acceptors (Lipinski definition) is 5. The van der Waals surface area contributed by atoms with Gasteiger partial charge in [0.1, 0.15) is 23.7 Å². The summed E-state index contributed by atoms with van der Waals surface area (Å²) in [4.78, 5) is 15.7. The second-order valence-electron chi connectivity index (χ2n) is 8.50. The standard InChI is InChI=1S/C23H19F8N3O3/c1-10-15(21(32)35)17-14(37-10)5-4-13(36-8-11-3-2-6-33-18(11)23(29,30)31)16(17)12-7-34(9-22(12,27)28)20(26)19(24)25/h2-6,12,19-20H,7-9H2,1H3,(H2,32,35). The van der Waals surface area contributed by atoms with Gasteiger partial charge in [-0.3, -0.25) is 14.7 Å². The van der Waals surface area contributed by atoms with Gasteiger partial charge in [-0.15, -0.1) is 0 Å². The fourth-order valence-corrected chi connectivity index (χ4v) is 4.51. The number of ether oxygens (including phenoxy) is 1. The molecule has 2 aromatic heterocycles. The molecule has 1 fully saturated rings. The van der Waals surface area contributed by atoms with Crippen LogP contribution in [0.5, 0.6) is 5.75 Å². The Morgan fingerprint density at radius 2 is 1.97 bits per heavy atom. The van der Waals surface area contributed by atoms with Crippen molar-refractivity contribution in [1.82, 2.24) is 9.88 Å². The molecule has 37 heavy (non-hydrogen) atoms. The summed E-state index contributed by atoms with van der Waals surface area (Å²) in [6.45, 7) is -1.71. The van der Waals surface area contributed by atoms with Gasteiger partial charge < -0.3 is 14.9 Å². The SMILES string of the molecule is Cc1oc2ccc(OCc3cccnc3C(F)(F)F)c(C3CN(C(F)C(F)F)CC3(F)F)c2c1C(N)=O. The number of aryl methyl sites for hydroxylation is 1. The molecular weight excluding hydrogens is 518 g/mol.